The van der Waals surface area contributed by atoms with Gasteiger partial charge in [-0.15, -0.1) is 0 Å². The van der Waals surface area contributed by atoms with E-state index in [4.69, 9.17) is 0 Å². The van der Waals surface area contributed by atoms with Crippen LogP contribution in [0.4, 0.5) is 0 Å². The lowest BCUT2D eigenvalue weighted by Gasteiger charge is -2.22. The van der Waals surface area contributed by atoms with Gasteiger partial charge in [0.15, 0.2) is 5.69 Å². The Balaban J connectivity index is 1.51. The van der Waals surface area contributed by atoms with Crippen molar-refractivity contribution >= 4 is 22.7 Å². The number of aromatic nitrogens is 3. The van der Waals surface area contributed by atoms with E-state index in [9.17, 15) is 9.59 Å². The third-order valence-electron chi connectivity index (χ3n) is 5.15. The van der Waals surface area contributed by atoms with Crippen LogP contribution in [0.15, 0.2) is 42.7 Å². The third-order valence-corrected chi connectivity index (χ3v) is 5.15. The van der Waals surface area contributed by atoms with Crippen LogP contribution in [0.2, 0.25) is 0 Å². The van der Waals surface area contributed by atoms with Gasteiger partial charge in [0.25, 0.3) is 11.8 Å². The van der Waals surface area contributed by atoms with Crippen molar-refractivity contribution in [3.8, 4) is 0 Å². The molecule has 0 radical (unpaired) electrons. The predicted molar refractivity (Wildman–Crippen MR) is 106 cm³/mol. The first kappa shape index (κ1) is 18.2. The fourth-order valence-corrected chi connectivity index (χ4v) is 3.70. The maximum absolute atomic E-state index is 13.1. The highest BCUT2D eigenvalue weighted by molar-refractivity contribution is 6.05. The Morgan fingerprint density at radius 3 is 2.43 bits per heavy atom. The van der Waals surface area contributed by atoms with Crippen LogP contribution in [0.1, 0.15) is 32.8 Å². The van der Waals surface area contributed by atoms with E-state index < -0.39 is 0 Å². The molecule has 1 aromatic carbocycles. The number of rotatable bonds is 2. The Labute approximate surface area is 163 Å². The smallest absolute Gasteiger partial charge is 0.275 e. The number of hydrogen-bond donors (Lipinski definition) is 0. The topological polar surface area (TPSA) is 71.3 Å². The number of aryl methyl sites for hydroxylation is 2. The van der Waals surface area contributed by atoms with Crippen molar-refractivity contribution < 1.29 is 9.59 Å². The van der Waals surface area contributed by atoms with Gasteiger partial charge >= 0.3 is 0 Å². The molecule has 0 N–H and O–H groups in total. The molecule has 7 nitrogen and oxygen atoms in total. The Hall–Kier alpha value is -3.22. The zero-order valence-electron chi connectivity index (χ0n) is 16.1. The Morgan fingerprint density at radius 1 is 0.964 bits per heavy atom. The quantitative estimate of drug-likeness (QED) is 0.687. The van der Waals surface area contributed by atoms with Crippen LogP contribution < -0.4 is 0 Å². The molecular formula is C21H23N5O2. The van der Waals surface area contributed by atoms with E-state index in [-0.39, 0.29) is 11.8 Å². The van der Waals surface area contributed by atoms with Crippen molar-refractivity contribution in [2.24, 2.45) is 7.05 Å². The normalized spacial score (nSPS) is 14.9. The number of benzene rings is 1. The number of fused-ring (bicyclic) bond motifs is 1. The minimum absolute atomic E-state index is 0.0335. The minimum atomic E-state index is -0.0803. The van der Waals surface area contributed by atoms with E-state index >= 15 is 0 Å². The van der Waals surface area contributed by atoms with E-state index in [1.807, 2.05) is 44.3 Å². The summed E-state index contributed by atoms with van der Waals surface area (Å²) in [5, 5.41) is 5.30. The molecule has 144 valence electrons. The van der Waals surface area contributed by atoms with Crippen molar-refractivity contribution in [2.45, 2.75) is 13.3 Å². The third kappa shape index (κ3) is 3.35. The van der Waals surface area contributed by atoms with Gasteiger partial charge in [-0.3, -0.25) is 19.3 Å². The van der Waals surface area contributed by atoms with Crippen LogP contribution in [0.5, 0.6) is 0 Å². The molecule has 0 unspecified atom stereocenters. The summed E-state index contributed by atoms with van der Waals surface area (Å²) in [6.45, 7) is 4.15. The standard InChI is InChI=1S/C21H23N5O2/c1-15-12-16(14-22-13-15)20(27)25-8-5-9-26(11-10-25)21(28)19-17-6-3-4-7-18(17)24(2)23-19/h3-4,6-7,12-14H,5,8-11H2,1-2H3. The van der Waals surface area contributed by atoms with E-state index in [1.165, 1.54) is 0 Å². The Bertz CT molecular complexity index is 1040. The summed E-state index contributed by atoms with van der Waals surface area (Å²) in [7, 11) is 1.85. The van der Waals surface area contributed by atoms with Crippen LogP contribution in [-0.4, -0.2) is 62.6 Å². The van der Waals surface area contributed by atoms with Crippen LogP contribution in [-0.2, 0) is 7.05 Å². The number of carbonyl (C=O) groups is 2. The van der Waals surface area contributed by atoms with Crippen molar-refractivity contribution in [1.29, 1.82) is 0 Å². The fourth-order valence-electron chi connectivity index (χ4n) is 3.70. The van der Waals surface area contributed by atoms with Crippen molar-refractivity contribution in [3.63, 3.8) is 0 Å². The van der Waals surface area contributed by atoms with Gasteiger partial charge in [0.1, 0.15) is 0 Å². The number of carbonyl (C=O) groups excluding carboxylic acids is 2. The first-order valence-electron chi connectivity index (χ1n) is 9.46. The monoisotopic (exact) mass is 377 g/mol. The molecular weight excluding hydrogens is 354 g/mol. The molecule has 1 aliphatic heterocycles. The molecule has 3 aromatic rings. The van der Waals surface area contributed by atoms with Gasteiger partial charge in [0.2, 0.25) is 0 Å². The lowest BCUT2D eigenvalue weighted by Crippen LogP contribution is -2.37. The van der Waals surface area contributed by atoms with Crippen molar-refractivity contribution in [3.05, 3.63) is 59.5 Å². The number of pyridine rings is 1. The molecule has 1 aliphatic rings. The SMILES string of the molecule is Cc1cncc(C(=O)N2CCCN(C(=O)c3nn(C)c4ccccc34)CC2)c1. The number of nitrogens with zero attached hydrogens (tertiary/aromatic N) is 5. The molecule has 0 bridgehead atoms. The summed E-state index contributed by atoms with van der Waals surface area (Å²) < 4.78 is 1.74. The van der Waals surface area contributed by atoms with Gasteiger partial charge in [0, 0.05) is 51.0 Å². The molecule has 4 rings (SSSR count). The van der Waals surface area contributed by atoms with Crippen LogP contribution >= 0.6 is 0 Å². The first-order valence-corrected chi connectivity index (χ1v) is 9.46. The predicted octanol–water partition coefficient (Wildman–Crippen LogP) is 2.27. The van der Waals surface area contributed by atoms with E-state index in [0.717, 1.165) is 22.9 Å². The van der Waals surface area contributed by atoms with E-state index in [2.05, 4.69) is 10.1 Å². The highest BCUT2D eigenvalue weighted by Gasteiger charge is 2.26. The molecule has 7 heteroatoms. The molecule has 1 fully saturated rings. The number of para-hydroxylation sites is 1. The van der Waals surface area contributed by atoms with Crippen molar-refractivity contribution in [1.82, 2.24) is 24.6 Å². The van der Waals surface area contributed by atoms with Crippen LogP contribution in [0.25, 0.3) is 10.9 Å². The Kier molecular flexibility index (Phi) is 4.81. The molecule has 0 atom stereocenters. The van der Waals surface area contributed by atoms with Gasteiger partial charge < -0.3 is 9.80 Å². The van der Waals surface area contributed by atoms with Gasteiger partial charge in [-0.1, -0.05) is 18.2 Å². The summed E-state index contributed by atoms with van der Waals surface area (Å²) in [5.41, 5.74) is 2.96. The maximum Gasteiger partial charge on any atom is 0.275 e. The lowest BCUT2D eigenvalue weighted by atomic mass is 10.2. The summed E-state index contributed by atoms with van der Waals surface area (Å²) in [6.07, 6.45) is 4.07. The van der Waals surface area contributed by atoms with E-state index in [0.29, 0.717) is 37.4 Å². The van der Waals surface area contributed by atoms with Crippen LogP contribution in [0, 0.1) is 6.92 Å². The minimum Gasteiger partial charge on any atom is -0.337 e. The molecule has 2 amide bonds. The highest BCUT2D eigenvalue weighted by atomic mass is 16.2. The van der Waals surface area contributed by atoms with Gasteiger partial charge in [-0.2, -0.15) is 5.10 Å². The number of hydrogen-bond acceptors (Lipinski definition) is 4. The fraction of sp³-hybridized carbons (Fsp3) is 0.333. The van der Waals surface area contributed by atoms with Gasteiger partial charge in [-0.25, -0.2) is 0 Å². The maximum atomic E-state index is 13.1. The van der Waals surface area contributed by atoms with E-state index in [1.54, 1.807) is 26.9 Å². The first-order chi connectivity index (χ1) is 13.5. The van der Waals surface area contributed by atoms with Crippen LogP contribution in [0.3, 0.4) is 0 Å². The van der Waals surface area contributed by atoms with Gasteiger partial charge in [0.05, 0.1) is 11.1 Å². The summed E-state index contributed by atoms with van der Waals surface area (Å²) in [4.78, 5) is 33.6. The molecule has 0 saturated carbocycles. The molecule has 0 spiro atoms. The molecule has 28 heavy (non-hydrogen) atoms. The second-order valence-electron chi connectivity index (χ2n) is 7.18. The second kappa shape index (κ2) is 7.42. The summed E-state index contributed by atoms with van der Waals surface area (Å²) in [6, 6.07) is 9.59. The average Bonchev–Trinajstić information content (AvgIpc) is 2.88. The zero-order chi connectivity index (χ0) is 19.7. The zero-order valence-corrected chi connectivity index (χ0v) is 16.1. The molecule has 0 aliphatic carbocycles. The van der Waals surface area contributed by atoms with Gasteiger partial charge in [-0.05, 0) is 31.0 Å². The lowest BCUT2D eigenvalue weighted by molar-refractivity contribution is 0.0716. The molecule has 2 aromatic heterocycles. The number of amides is 2. The Morgan fingerprint density at radius 2 is 1.68 bits per heavy atom. The summed E-state index contributed by atoms with van der Waals surface area (Å²) in [5.74, 6) is -0.114. The largest absolute Gasteiger partial charge is 0.337 e. The average molecular weight is 377 g/mol. The summed E-state index contributed by atoms with van der Waals surface area (Å²) >= 11 is 0. The molecule has 1 saturated heterocycles. The second-order valence-corrected chi connectivity index (χ2v) is 7.18. The van der Waals surface area contributed by atoms with Crippen molar-refractivity contribution in [2.75, 3.05) is 26.2 Å². The highest BCUT2D eigenvalue weighted by Crippen LogP contribution is 2.20. The molecule has 3 heterocycles.